The van der Waals surface area contributed by atoms with Gasteiger partial charge in [-0.25, -0.2) is 18.4 Å². The number of carbonyl (C=O) groups is 2. The maximum atomic E-state index is 13.1. The molecule has 4 aromatic rings. The molecular formula is C28H26ClN5O4S. The maximum absolute atomic E-state index is 13.1. The molecule has 0 radical (unpaired) electrons. The lowest BCUT2D eigenvalue weighted by atomic mass is 10.0. The Kier molecular flexibility index (Phi) is 7.35. The van der Waals surface area contributed by atoms with Gasteiger partial charge in [-0.05, 0) is 48.9 Å². The van der Waals surface area contributed by atoms with E-state index in [4.69, 9.17) is 11.6 Å². The number of carbonyl (C=O) groups excluding carboxylic acids is 2. The van der Waals surface area contributed by atoms with Gasteiger partial charge in [0.15, 0.2) is 0 Å². The zero-order valence-electron chi connectivity index (χ0n) is 21.4. The van der Waals surface area contributed by atoms with E-state index in [1.807, 2.05) is 43.3 Å². The molecule has 0 bridgehead atoms. The largest absolute Gasteiger partial charge is 0.340 e. The van der Waals surface area contributed by atoms with Crippen LogP contribution in [0.4, 0.5) is 5.69 Å². The minimum atomic E-state index is -3.83. The summed E-state index contributed by atoms with van der Waals surface area (Å²) in [6.45, 7) is 4.47. The Labute approximate surface area is 231 Å². The zero-order chi connectivity index (χ0) is 27.7. The number of hydrogen-bond acceptors (Lipinski definition) is 6. The number of rotatable bonds is 5. The second-order valence-electron chi connectivity index (χ2n) is 9.28. The molecule has 11 heteroatoms. The molecule has 1 saturated heterocycles. The molecule has 5 rings (SSSR count). The lowest BCUT2D eigenvalue weighted by Gasteiger charge is -2.33. The monoisotopic (exact) mass is 563 g/mol. The van der Waals surface area contributed by atoms with E-state index in [0.29, 0.717) is 18.8 Å². The Morgan fingerprint density at radius 1 is 0.949 bits per heavy atom. The average Bonchev–Trinajstić information content (AvgIpc) is 2.93. The summed E-state index contributed by atoms with van der Waals surface area (Å²) < 4.78 is 27.6. The first-order chi connectivity index (χ1) is 18.6. The molecule has 2 amide bonds. The van der Waals surface area contributed by atoms with Gasteiger partial charge in [0.05, 0.1) is 26.7 Å². The number of aryl methyl sites for hydroxylation is 1. The van der Waals surface area contributed by atoms with E-state index >= 15 is 0 Å². The van der Waals surface area contributed by atoms with Crippen molar-refractivity contribution in [3.05, 3.63) is 83.1 Å². The number of amides is 2. The van der Waals surface area contributed by atoms with E-state index in [0.717, 1.165) is 27.7 Å². The standard InChI is InChI=1S/C28H26ClN5O4S/c1-18-7-8-20(15-24(18)27-23-5-3-4-6-26(23)30-17-31-27)32-28(36)22-10-9-21(16-25(22)29)39(37,38)34-13-11-33(12-14-34)19(2)35/h3-10,15-17H,11-14H2,1-2H3,(H,32,36). The van der Waals surface area contributed by atoms with Crippen molar-refractivity contribution in [1.29, 1.82) is 0 Å². The predicted octanol–water partition coefficient (Wildman–Crippen LogP) is 4.36. The molecule has 0 atom stereocenters. The number of aromatic nitrogens is 2. The first-order valence-electron chi connectivity index (χ1n) is 12.3. The number of para-hydroxylation sites is 1. The molecule has 1 N–H and O–H groups in total. The van der Waals surface area contributed by atoms with Crippen LogP contribution in [0, 0.1) is 6.92 Å². The Morgan fingerprint density at radius 2 is 1.69 bits per heavy atom. The van der Waals surface area contributed by atoms with Crippen molar-refractivity contribution in [3.8, 4) is 11.3 Å². The summed E-state index contributed by atoms with van der Waals surface area (Å²) in [6.07, 6.45) is 1.51. The summed E-state index contributed by atoms with van der Waals surface area (Å²) >= 11 is 6.40. The summed E-state index contributed by atoms with van der Waals surface area (Å²) in [7, 11) is -3.83. The maximum Gasteiger partial charge on any atom is 0.257 e. The third-order valence-electron chi connectivity index (χ3n) is 6.80. The fourth-order valence-corrected chi connectivity index (χ4v) is 6.39. The Balaban J connectivity index is 1.36. The van der Waals surface area contributed by atoms with Gasteiger partial charge >= 0.3 is 0 Å². The molecule has 0 spiro atoms. The minimum absolute atomic E-state index is 0.00594. The molecule has 1 aliphatic rings. The van der Waals surface area contributed by atoms with E-state index in [1.165, 1.54) is 35.8 Å². The number of hydrogen-bond donors (Lipinski definition) is 1. The van der Waals surface area contributed by atoms with Crippen LogP contribution in [0.25, 0.3) is 22.2 Å². The number of sulfonamides is 1. The van der Waals surface area contributed by atoms with Gasteiger partial charge in [-0.15, -0.1) is 0 Å². The van der Waals surface area contributed by atoms with Crippen molar-refractivity contribution in [3.63, 3.8) is 0 Å². The normalized spacial score (nSPS) is 14.4. The molecule has 0 unspecified atom stereocenters. The number of fused-ring (bicyclic) bond motifs is 1. The topological polar surface area (TPSA) is 113 Å². The first-order valence-corrected chi connectivity index (χ1v) is 14.1. The van der Waals surface area contributed by atoms with Gasteiger partial charge in [-0.1, -0.05) is 35.9 Å². The summed E-state index contributed by atoms with van der Waals surface area (Å²) in [5.74, 6) is -0.557. The van der Waals surface area contributed by atoms with Gasteiger partial charge in [0.25, 0.3) is 5.91 Å². The lowest BCUT2D eigenvalue weighted by molar-refractivity contribution is -0.129. The van der Waals surface area contributed by atoms with Gasteiger partial charge in [-0.3, -0.25) is 9.59 Å². The zero-order valence-corrected chi connectivity index (χ0v) is 23.0. The van der Waals surface area contributed by atoms with Crippen LogP contribution in [0.5, 0.6) is 0 Å². The van der Waals surface area contributed by atoms with Crippen LogP contribution >= 0.6 is 11.6 Å². The number of benzene rings is 3. The van der Waals surface area contributed by atoms with Crippen LogP contribution in [0.1, 0.15) is 22.8 Å². The van der Waals surface area contributed by atoms with Gasteiger partial charge in [0.1, 0.15) is 6.33 Å². The molecule has 39 heavy (non-hydrogen) atoms. The molecular weight excluding hydrogens is 538 g/mol. The Hall–Kier alpha value is -3.86. The summed E-state index contributed by atoms with van der Waals surface area (Å²) in [5, 5.41) is 3.77. The predicted molar refractivity (Wildman–Crippen MR) is 150 cm³/mol. The SMILES string of the molecule is CC(=O)N1CCN(S(=O)(=O)c2ccc(C(=O)Nc3ccc(C)c(-c4ncnc5ccccc45)c3)c(Cl)c2)CC1. The van der Waals surface area contributed by atoms with Gasteiger partial charge in [-0.2, -0.15) is 4.31 Å². The average molecular weight is 564 g/mol. The van der Waals surface area contributed by atoms with Crippen molar-refractivity contribution in [2.45, 2.75) is 18.7 Å². The summed E-state index contributed by atoms with van der Waals surface area (Å²) in [5.41, 5.74) is 4.09. The molecule has 0 saturated carbocycles. The number of piperazine rings is 1. The third-order valence-corrected chi connectivity index (χ3v) is 9.01. The van der Waals surface area contributed by atoms with Crippen LogP contribution < -0.4 is 5.32 Å². The van der Waals surface area contributed by atoms with Crippen LogP contribution in [0.3, 0.4) is 0 Å². The van der Waals surface area contributed by atoms with E-state index in [1.54, 1.807) is 11.0 Å². The molecule has 1 aliphatic heterocycles. The van der Waals surface area contributed by atoms with Crippen LogP contribution in [-0.2, 0) is 14.8 Å². The van der Waals surface area contributed by atoms with Crippen molar-refractivity contribution >= 4 is 50.0 Å². The minimum Gasteiger partial charge on any atom is -0.340 e. The number of nitrogens with one attached hydrogen (secondary N) is 1. The van der Waals surface area contributed by atoms with Crippen molar-refractivity contribution in [1.82, 2.24) is 19.2 Å². The van der Waals surface area contributed by atoms with Crippen molar-refractivity contribution in [2.75, 3.05) is 31.5 Å². The highest BCUT2D eigenvalue weighted by molar-refractivity contribution is 7.89. The third kappa shape index (κ3) is 5.36. The van der Waals surface area contributed by atoms with Gasteiger partial charge in [0, 0.05) is 49.7 Å². The van der Waals surface area contributed by atoms with Crippen LogP contribution in [-0.4, -0.2) is 65.6 Å². The quantitative estimate of drug-likeness (QED) is 0.386. The molecule has 1 fully saturated rings. The van der Waals surface area contributed by atoms with E-state index < -0.39 is 15.9 Å². The molecule has 1 aromatic heterocycles. The fourth-order valence-electron chi connectivity index (χ4n) is 4.61. The smallest absolute Gasteiger partial charge is 0.257 e. The Morgan fingerprint density at radius 3 is 2.41 bits per heavy atom. The van der Waals surface area contributed by atoms with E-state index in [2.05, 4.69) is 15.3 Å². The second kappa shape index (κ2) is 10.7. The number of anilines is 1. The highest BCUT2D eigenvalue weighted by atomic mass is 35.5. The molecule has 2 heterocycles. The van der Waals surface area contributed by atoms with E-state index in [9.17, 15) is 18.0 Å². The van der Waals surface area contributed by atoms with Crippen molar-refractivity contribution in [2.24, 2.45) is 0 Å². The summed E-state index contributed by atoms with van der Waals surface area (Å²) in [4.78, 5) is 35.1. The molecule has 3 aromatic carbocycles. The van der Waals surface area contributed by atoms with E-state index in [-0.39, 0.29) is 34.5 Å². The highest BCUT2D eigenvalue weighted by Gasteiger charge is 2.30. The lowest BCUT2D eigenvalue weighted by Crippen LogP contribution is -2.49. The number of nitrogens with zero attached hydrogens (tertiary/aromatic N) is 4. The molecule has 9 nitrogen and oxygen atoms in total. The second-order valence-corrected chi connectivity index (χ2v) is 11.6. The Bertz CT molecular complexity index is 1700. The number of halogens is 1. The molecule has 0 aliphatic carbocycles. The van der Waals surface area contributed by atoms with Crippen molar-refractivity contribution < 1.29 is 18.0 Å². The first kappa shape index (κ1) is 26.7. The highest BCUT2D eigenvalue weighted by Crippen LogP contribution is 2.31. The van der Waals surface area contributed by atoms with Gasteiger partial charge < -0.3 is 10.2 Å². The summed E-state index contributed by atoms with van der Waals surface area (Å²) in [6, 6.07) is 17.3. The van der Waals surface area contributed by atoms with Crippen LogP contribution in [0.2, 0.25) is 5.02 Å². The van der Waals surface area contributed by atoms with Crippen LogP contribution in [0.15, 0.2) is 71.9 Å². The van der Waals surface area contributed by atoms with Gasteiger partial charge in [0.2, 0.25) is 15.9 Å². The fraction of sp³-hybridized carbons (Fsp3) is 0.214. The molecule has 200 valence electrons.